The third-order valence-corrected chi connectivity index (χ3v) is 2.24. The predicted octanol–water partition coefficient (Wildman–Crippen LogP) is 0.130. The van der Waals surface area contributed by atoms with Crippen LogP contribution in [0.15, 0.2) is 23.3 Å². The number of rotatable bonds is 4. The fourth-order valence-electron chi connectivity index (χ4n) is 1.52. The van der Waals surface area contributed by atoms with Gasteiger partial charge < -0.3 is 21.7 Å². The Hall–Kier alpha value is -2.35. The number of anilines is 2. The maximum Gasteiger partial charge on any atom is 0.270 e. The van der Waals surface area contributed by atoms with Crippen LogP contribution < -0.4 is 21.7 Å². The summed E-state index contributed by atoms with van der Waals surface area (Å²) < 4.78 is 0. The molecule has 0 radical (unpaired) electrons. The summed E-state index contributed by atoms with van der Waals surface area (Å²) in [6.45, 7) is 0.356. The first kappa shape index (κ1) is 13.7. The molecule has 98 valence electrons. The molecular formula is C10H16N6O2. The van der Waals surface area contributed by atoms with Crippen molar-refractivity contribution in [3.8, 4) is 0 Å². The van der Waals surface area contributed by atoms with E-state index in [1.807, 2.05) is 25.1 Å². The minimum absolute atomic E-state index is 0.277. The molecular weight excluding hydrogens is 236 g/mol. The van der Waals surface area contributed by atoms with Gasteiger partial charge in [-0.2, -0.15) is 0 Å². The summed E-state index contributed by atoms with van der Waals surface area (Å²) in [6.07, 6.45) is 0. The van der Waals surface area contributed by atoms with Crippen molar-refractivity contribution in [3.63, 3.8) is 0 Å². The highest BCUT2D eigenvalue weighted by Crippen LogP contribution is 2.22. The number of nitrogens with zero attached hydrogens (tertiary/aromatic N) is 3. The van der Waals surface area contributed by atoms with Crippen molar-refractivity contribution in [2.45, 2.75) is 6.54 Å². The van der Waals surface area contributed by atoms with Crippen LogP contribution in [0.25, 0.3) is 0 Å². The molecule has 8 nitrogen and oxygen atoms in total. The van der Waals surface area contributed by atoms with Crippen LogP contribution >= 0.6 is 0 Å². The first-order valence-electron chi connectivity index (χ1n) is 5.20. The third-order valence-electron chi connectivity index (χ3n) is 2.24. The van der Waals surface area contributed by atoms with E-state index in [1.54, 1.807) is 12.1 Å². The maximum atomic E-state index is 10.1. The maximum absolute atomic E-state index is 10.1. The minimum Gasteiger partial charge on any atom is -0.377 e. The molecule has 1 rings (SSSR count). The standard InChI is InChI=1S/C10H16N6O2/c1-15(2)9-4-3-8(5-7(9)6-11)13-10(12)14-16(17)18/h3-5H,6,11H2,1-2H3,(H3,12,13,14). The summed E-state index contributed by atoms with van der Waals surface area (Å²) in [4.78, 5) is 12.1. The Morgan fingerprint density at radius 3 is 2.72 bits per heavy atom. The van der Waals surface area contributed by atoms with Gasteiger partial charge in [-0.1, -0.05) is 0 Å². The van der Waals surface area contributed by atoms with Gasteiger partial charge in [-0.05, 0) is 23.8 Å². The predicted molar refractivity (Wildman–Crippen MR) is 70.9 cm³/mol. The topological polar surface area (TPSA) is 123 Å². The molecule has 0 aromatic heterocycles. The van der Waals surface area contributed by atoms with Gasteiger partial charge in [0.2, 0.25) is 0 Å². The van der Waals surface area contributed by atoms with Crippen LogP contribution in [0, 0.1) is 10.1 Å². The van der Waals surface area contributed by atoms with Gasteiger partial charge in [0.1, 0.15) is 5.10 Å². The van der Waals surface area contributed by atoms with E-state index < -0.39 is 5.03 Å². The summed E-state index contributed by atoms with van der Waals surface area (Å²) >= 11 is 0. The highest BCUT2D eigenvalue weighted by Gasteiger charge is 2.06. The van der Waals surface area contributed by atoms with Crippen molar-refractivity contribution in [2.75, 3.05) is 24.3 Å². The number of nitrogens with one attached hydrogen (secondary N) is 1. The smallest absolute Gasteiger partial charge is 0.270 e. The monoisotopic (exact) mass is 252 g/mol. The number of nitro groups is 1. The molecule has 1 aromatic carbocycles. The molecule has 0 atom stereocenters. The molecule has 0 aliphatic rings. The second-order valence-electron chi connectivity index (χ2n) is 3.79. The van der Waals surface area contributed by atoms with Gasteiger partial charge in [0.05, 0.1) is 0 Å². The first-order valence-corrected chi connectivity index (χ1v) is 5.20. The van der Waals surface area contributed by atoms with Crippen molar-refractivity contribution < 1.29 is 5.03 Å². The lowest BCUT2D eigenvalue weighted by Gasteiger charge is -2.17. The molecule has 0 fully saturated rings. The van der Waals surface area contributed by atoms with E-state index in [9.17, 15) is 10.1 Å². The highest BCUT2D eigenvalue weighted by atomic mass is 16.7. The van der Waals surface area contributed by atoms with Crippen molar-refractivity contribution in [1.82, 2.24) is 0 Å². The van der Waals surface area contributed by atoms with Crippen LogP contribution in [0.5, 0.6) is 0 Å². The minimum atomic E-state index is -0.861. The van der Waals surface area contributed by atoms with Crippen molar-refractivity contribution >= 4 is 17.3 Å². The van der Waals surface area contributed by atoms with Gasteiger partial charge in [0.25, 0.3) is 5.96 Å². The Morgan fingerprint density at radius 1 is 1.56 bits per heavy atom. The summed E-state index contributed by atoms with van der Waals surface area (Å²) in [5, 5.41) is 14.9. The zero-order valence-electron chi connectivity index (χ0n) is 10.3. The quantitative estimate of drug-likeness (QED) is 0.303. The molecule has 8 heteroatoms. The summed E-state index contributed by atoms with van der Waals surface area (Å²) in [5.41, 5.74) is 13.5. The second-order valence-corrected chi connectivity index (χ2v) is 3.79. The van der Waals surface area contributed by atoms with Crippen LogP contribution in [0.4, 0.5) is 11.4 Å². The number of hydrazone groups is 1. The molecule has 0 amide bonds. The van der Waals surface area contributed by atoms with Crippen LogP contribution in [-0.4, -0.2) is 25.1 Å². The van der Waals surface area contributed by atoms with E-state index in [0.29, 0.717) is 12.2 Å². The van der Waals surface area contributed by atoms with E-state index in [0.717, 1.165) is 11.3 Å². The Balaban J connectivity index is 2.96. The molecule has 5 N–H and O–H groups in total. The fourth-order valence-corrected chi connectivity index (χ4v) is 1.52. The van der Waals surface area contributed by atoms with E-state index >= 15 is 0 Å². The lowest BCUT2D eigenvalue weighted by atomic mass is 10.1. The molecule has 0 spiro atoms. The average Bonchev–Trinajstić information content (AvgIpc) is 2.27. The van der Waals surface area contributed by atoms with E-state index in [4.69, 9.17) is 11.5 Å². The summed E-state index contributed by atoms with van der Waals surface area (Å²) in [7, 11) is 3.81. The Labute approximate surface area is 104 Å². The number of hydrogen-bond donors (Lipinski definition) is 3. The molecule has 1 aromatic rings. The largest absolute Gasteiger partial charge is 0.377 e. The van der Waals surface area contributed by atoms with E-state index in [2.05, 4.69) is 10.4 Å². The van der Waals surface area contributed by atoms with Gasteiger partial charge in [-0.3, -0.25) is 0 Å². The van der Waals surface area contributed by atoms with Gasteiger partial charge in [-0.15, -0.1) is 0 Å². The van der Waals surface area contributed by atoms with Gasteiger partial charge in [0.15, 0.2) is 5.03 Å². The molecule has 0 heterocycles. The fraction of sp³-hybridized carbons (Fsp3) is 0.300. The Kier molecular flexibility index (Phi) is 4.44. The molecule has 0 bridgehead atoms. The van der Waals surface area contributed by atoms with Gasteiger partial charge in [0, 0.05) is 32.0 Å². The number of hydrogen-bond acceptors (Lipinski definition) is 4. The highest BCUT2D eigenvalue weighted by molar-refractivity contribution is 5.92. The number of guanidine groups is 1. The zero-order valence-corrected chi connectivity index (χ0v) is 10.3. The van der Waals surface area contributed by atoms with Crippen molar-refractivity contribution in [3.05, 3.63) is 33.9 Å². The molecule has 0 unspecified atom stereocenters. The number of benzene rings is 1. The molecule has 0 saturated carbocycles. The molecule has 18 heavy (non-hydrogen) atoms. The molecule has 0 aliphatic heterocycles. The van der Waals surface area contributed by atoms with Gasteiger partial charge >= 0.3 is 0 Å². The summed E-state index contributed by atoms with van der Waals surface area (Å²) in [5.74, 6) is -0.277. The van der Waals surface area contributed by atoms with E-state index in [1.165, 1.54) is 0 Å². The Morgan fingerprint density at radius 2 is 2.22 bits per heavy atom. The SMILES string of the molecule is CN(C)c1ccc(NC(N)=N[N+](=O)[O-])cc1CN. The van der Waals surface area contributed by atoms with Gasteiger partial charge in [-0.25, -0.2) is 10.1 Å². The summed E-state index contributed by atoms with van der Waals surface area (Å²) in [6, 6.07) is 5.37. The van der Waals surface area contributed by atoms with Crippen LogP contribution in [0.3, 0.4) is 0 Å². The van der Waals surface area contributed by atoms with Crippen molar-refractivity contribution in [2.24, 2.45) is 16.6 Å². The number of nitrogens with two attached hydrogens (primary N) is 2. The van der Waals surface area contributed by atoms with E-state index in [-0.39, 0.29) is 5.96 Å². The second kappa shape index (κ2) is 5.82. The normalized spacial score (nSPS) is 11.2. The third kappa shape index (κ3) is 3.59. The Bertz CT molecular complexity index is 471. The van der Waals surface area contributed by atoms with Crippen molar-refractivity contribution in [1.29, 1.82) is 0 Å². The lowest BCUT2D eigenvalue weighted by molar-refractivity contribution is -0.485. The van der Waals surface area contributed by atoms with Crippen LogP contribution in [0.1, 0.15) is 5.56 Å². The first-order chi connectivity index (χ1) is 8.43. The zero-order chi connectivity index (χ0) is 13.7. The molecule has 0 saturated heterocycles. The van der Waals surface area contributed by atoms with Crippen LogP contribution in [0.2, 0.25) is 0 Å². The van der Waals surface area contributed by atoms with Crippen LogP contribution in [-0.2, 0) is 6.54 Å². The lowest BCUT2D eigenvalue weighted by Crippen LogP contribution is -2.24. The average molecular weight is 252 g/mol. The molecule has 0 aliphatic carbocycles.